The van der Waals surface area contributed by atoms with Gasteiger partial charge in [-0.05, 0) is 58.9 Å². The Morgan fingerprint density at radius 3 is 2.30 bits per heavy atom. The van der Waals surface area contributed by atoms with Gasteiger partial charge in [0, 0.05) is 16.7 Å². The quantitative estimate of drug-likeness (QED) is 0.292. The Balaban J connectivity index is 1.71. The lowest BCUT2D eigenvalue weighted by molar-refractivity contribution is 0.696. The molecule has 0 spiro atoms. The van der Waals surface area contributed by atoms with E-state index in [0.717, 1.165) is 29.0 Å². The number of nitriles is 1. The molecule has 2 nitrogen and oxygen atoms in total. The lowest BCUT2D eigenvalue weighted by Crippen LogP contribution is -1.99. The molecule has 1 aliphatic rings. The number of nitrogens with zero attached hydrogens (tertiary/aromatic N) is 2. The third kappa shape index (κ3) is 2.74. The molecule has 1 aromatic heterocycles. The van der Waals surface area contributed by atoms with E-state index in [1.54, 1.807) is 11.3 Å². The highest BCUT2D eigenvalue weighted by Gasteiger charge is 2.20. The van der Waals surface area contributed by atoms with Crippen LogP contribution in [0.25, 0.3) is 21.5 Å². The van der Waals surface area contributed by atoms with Crippen LogP contribution in [0.15, 0.2) is 59.6 Å². The van der Waals surface area contributed by atoms with E-state index in [2.05, 4.69) is 60.7 Å². The summed E-state index contributed by atoms with van der Waals surface area (Å²) in [6.45, 7) is 0. The van der Waals surface area contributed by atoms with Gasteiger partial charge in [0.15, 0.2) is 0 Å². The van der Waals surface area contributed by atoms with Gasteiger partial charge in [0.25, 0.3) is 0 Å². The zero-order chi connectivity index (χ0) is 18.2. The van der Waals surface area contributed by atoms with Gasteiger partial charge in [0.2, 0.25) is 0 Å². The first kappa shape index (κ1) is 16.2. The first-order chi connectivity index (χ1) is 13.3. The largest absolute Gasteiger partial charge is 0.244 e. The minimum Gasteiger partial charge on any atom is -0.244 e. The van der Waals surface area contributed by atoms with E-state index in [1.807, 2.05) is 6.21 Å². The Morgan fingerprint density at radius 2 is 1.59 bits per heavy atom. The van der Waals surface area contributed by atoms with Crippen LogP contribution in [-0.2, 0) is 12.8 Å². The van der Waals surface area contributed by atoms with Crippen LogP contribution >= 0.6 is 11.3 Å². The summed E-state index contributed by atoms with van der Waals surface area (Å²) in [5.74, 6) is 0. The summed E-state index contributed by atoms with van der Waals surface area (Å²) in [5.41, 5.74) is 3.15. The molecule has 0 radical (unpaired) electrons. The molecule has 0 N–H and O–H groups in total. The van der Waals surface area contributed by atoms with E-state index in [9.17, 15) is 5.26 Å². The molecule has 0 unspecified atom stereocenters. The van der Waals surface area contributed by atoms with E-state index in [0.29, 0.717) is 0 Å². The number of hydrogen-bond acceptors (Lipinski definition) is 3. The van der Waals surface area contributed by atoms with Gasteiger partial charge in [-0.1, -0.05) is 48.5 Å². The van der Waals surface area contributed by atoms with Gasteiger partial charge < -0.3 is 0 Å². The fourth-order valence-corrected chi connectivity index (χ4v) is 5.25. The molecule has 0 bridgehead atoms. The molecule has 0 saturated carbocycles. The molecule has 3 heteroatoms. The maximum atomic E-state index is 9.69. The Hall–Kier alpha value is -2.96. The van der Waals surface area contributed by atoms with Gasteiger partial charge in [0.05, 0.1) is 5.56 Å². The predicted molar refractivity (Wildman–Crippen MR) is 114 cm³/mol. The molecule has 0 amide bonds. The second-order valence-electron chi connectivity index (χ2n) is 6.99. The summed E-state index contributed by atoms with van der Waals surface area (Å²) in [4.78, 5) is 6.18. The first-order valence-electron chi connectivity index (χ1n) is 9.34. The molecular weight excluding hydrogens is 348 g/mol. The van der Waals surface area contributed by atoms with Gasteiger partial charge in [-0.15, -0.1) is 11.3 Å². The van der Waals surface area contributed by atoms with Crippen molar-refractivity contribution in [3.63, 3.8) is 0 Å². The van der Waals surface area contributed by atoms with Gasteiger partial charge in [-0.2, -0.15) is 5.26 Å². The van der Waals surface area contributed by atoms with E-state index >= 15 is 0 Å². The number of aryl methyl sites for hydroxylation is 1. The molecule has 130 valence electrons. The molecule has 0 fully saturated rings. The number of aliphatic imine (C=N–C) groups is 1. The van der Waals surface area contributed by atoms with Gasteiger partial charge in [-0.3, -0.25) is 0 Å². The van der Waals surface area contributed by atoms with Crippen LogP contribution in [0.3, 0.4) is 0 Å². The van der Waals surface area contributed by atoms with E-state index in [-0.39, 0.29) is 0 Å². The van der Waals surface area contributed by atoms with Crippen LogP contribution < -0.4 is 0 Å². The van der Waals surface area contributed by atoms with Crippen LogP contribution in [-0.4, -0.2) is 6.21 Å². The van der Waals surface area contributed by atoms with E-state index in [1.165, 1.54) is 44.8 Å². The first-order valence-corrected chi connectivity index (χ1v) is 10.2. The summed E-state index contributed by atoms with van der Waals surface area (Å²) >= 11 is 1.70. The van der Waals surface area contributed by atoms with Crippen LogP contribution in [0.5, 0.6) is 0 Å². The highest BCUT2D eigenvalue weighted by molar-refractivity contribution is 7.16. The van der Waals surface area contributed by atoms with Crippen molar-refractivity contribution >= 4 is 44.1 Å². The zero-order valence-corrected chi connectivity index (χ0v) is 15.7. The maximum absolute atomic E-state index is 9.69. The Morgan fingerprint density at radius 1 is 0.926 bits per heavy atom. The lowest BCUT2D eigenvalue weighted by Gasteiger charge is -2.09. The SMILES string of the molecule is N#Cc1c(N=Cc2c3ccccc3cc3ccccc23)sc2c1CCCC2. The van der Waals surface area contributed by atoms with Gasteiger partial charge in [-0.25, -0.2) is 4.99 Å². The summed E-state index contributed by atoms with van der Waals surface area (Å²) in [7, 11) is 0. The average Bonchev–Trinajstić information content (AvgIpc) is 3.08. The van der Waals surface area contributed by atoms with Crippen molar-refractivity contribution in [2.24, 2.45) is 4.99 Å². The smallest absolute Gasteiger partial charge is 0.134 e. The number of fused-ring (bicyclic) bond motifs is 3. The third-order valence-electron chi connectivity index (χ3n) is 5.39. The molecule has 0 atom stereocenters. The van der Waals surface area contributed by atoms with Crippen molar-refractivity contribution in [2.75, 3.05) is 0 Å². The minimum atomic E-state index is 0.787. The molecule has 27 heavy (non-hydrogen) atoms. The van der Waals surface area contributed by atoms with Crippen molar-refractivity contribution in [2.45, 2.75) is 25.7 Å². The molecule has 3 aromatic carbocycles. The molecule has 0 aliphatic heterocycles. The van der Waals surface area contributed by atoms with Crippen molar-refractivity contribution in [1.29, 1.82) is 5.26 Å². The van der Waals surface area contributed by atoms with E-state index in [4.69, 9.17) is 4.99 Å². The molecular formula is C24H18N2S. The fraction of sp³-hybridized carbons (Fsp3) is 0.167. The normalized spacial score (nSPS) is 13.9. The molecule has 5 rings (SSSR count). The maximum Gasteiger partial charge on any atom is 0.134 e. The second-order valence-corrected chi connectivity index (χ2v) is 8.08. The predicted octanol–water partition coefficient (Wildman–Crippen LogP) is 6.56. The number of thiophene rings is 1. The van der Waals surface area contributed by atoms with Crippen molar-refractivity contribution in [1.82, 2.24) is 0 Å². The highest BCUT2D eigenvalue weighted by Crippen LogP contribution is 2.39. The molecule has 1 heterocycles. The van der Waals surface area contributed by atoms with E-state index < -0.39 is 0 Å². The van der Waals surface area contributed by atoms with Gasteiger partial charge in [0.1, 0.15) is 11.1 Å². The highest BCUT2D eigenvalue weighted by atomic mass is 32.1. The van der Waals surface area contributed by atoms with Crippen molar-refractivity contribution < 1.29 is 0 Å². The van der Waals surface area contributed by atoms with Gasteiger partial charge >= 0.3 is 0 Å². The van der Waals surface area contributed by atoms with Crippen molar-refractivity contribution in [3.8, 4) is 6.07 Å². The average molecular weight is 366 g/mol. The topological polar surface area (TPSA) is 36.1 Å². The third-order valence-corrected chi connectivity index (χ3v) is 6.59. The van der Waals surface area contributed by atoms with Crippen molar-refractivity contribution in [3.05, 3.63) is 76.2 Å². The van der Waals surface area contributed by atoms with Crippen LogP contribution in [0.2, 0.25) is 0 Å². The fourth-order valence-electron chi connectivity index (χ4n) is 4.07. The summed E-state index contributed by atoms with van der Waals surface area (Å²) < 4.78 is 0. The number of benzene rings is 3. The standard InChI is InChI=1S/C24H18N2S/c25-14-21-20-11-5-6-12-23(20)27-24(21)26-15-22-18-9-3-1-7-16(18)13-17-8-2-4-10-19(17)22/h1-4,7-10,13,15H,5-6,11-12H2. The molecule has 0 saturated heterocycles. The summed E-state index contributed by atoms with van der Waals surface area (Å²) in [5, 5.41) is 15.4. The summed E-state index contributed by atoms with van der Waals surface area (Å²) in [6, 6.07) is 21.5. The number of hydrogen-bond donors (Lipinski definition) is 0. The van der Waals surface area contributed by atoms with Crippen LogP contribution in [0.1, 0.15) is 34.4 Å². The monoisotopic (exact) mass is 366 g/mol. The Labute approximate surface area is 162 Å². The molecule has 4 aromatic rings. The Kier molecular flexibility index (Phi) is 3.99. The zero-order valence-electron chi connectivity index (χ0n) is 14.9. The molecule has 1 aliphatic carbocycles. The lowest BCUT2D eigenvalue weighted by atomic mass is 9.96. The van der Waals surface area contributed by atoms with Crippen LogP contribution in [0.4, 0.5) is 5.00 Å². The number of rotatable bonds is 2. The summed E-state index contributed by atoms with van der Waals surface area (Å²) in [6.07, 6.45) is 6.46. The second kappa shape index (κ2) is 6.64. The Bertz CT molecular complexity index is 1190. The minimum absolute atomic E-state index is 0.787. The van der Waals surface area contributed by atoms with Crippen LogP contribution in [0, 0.1) is 11.3 Å².